The number of benzene rings is 1. The zero-order chi connectivity index (χ0) is 12.1. The van der Waals surface area contributed by atoms with Crippen molar-refractivity contribution in [3.8, 4) is 5.75 Å². The quantitative estimate of drug-likeness (QED) is 0.587. The fourth-order valence-electron chi connectivity index (χ4n) is 0.725. The van der Waals surface area contributed by atoms with E-state index in [0.717, 1.165) is 18.2 Å². The van der Waals surface area contributed by atoms with Crippen LogP contribution in [-0.2, 0) is 0 Å². The Morgan fingerprint density at radius 3 is 2.13 bits per heavy atom. The lowest BCUT2D eigenvalue weighted by Crippen LogP contribution is -2.17. The molecule has 1 aromatic rings. The molecule has 0 aromatic heterocycles. The van der Waals surface area contributed by atoms with E-state index in [4.69, 9.17) is 5.73 Å². The van der Waals surface area contributed by atoms with Crippen LogP contribution in [0.5, 0.6) is 5.75 Å². The summed E-state index contributed by atoms with van der Waals surface area (Å²) < 4.78 is 50.8. The summed E-state index contributed by atoms with van der Waals surface area (Å²) in [5.74, 6) is -2.03. The van der Waals surface area contributed by atoms with Gasteiger partial charge in [0, 0.05) is 11.8 Å². The zero-order valence-corrected chi connectivity index (χ0v) is 8.23. The Morgan fingerprint density at radius 1 is 1.20 bits per heavy atom. The summed E-state index contributed by atoms with van der Waals surface area (Å²) in [7, 11) is 0. The molecular formula is C9H11F4NO. The number of ether oxygens (including phenoxy) is 1. The molecule has 0 fully saturated rings. The Morgan fingerprint density at radius 2 is 1.73 bits per heavy atom. The maximum atomic E-state index is 12.7. The van der Waals surface area contributed by atoms with Crippen LogP contribution in [0.25, 0.3) is 0 Å². The van der Waals surface area contributed by atoms with Gasteiger partial charge in [0.2, 0.25) is 0 Å². The molecule has 1 aromatic carbocycles. The van der Waals surface area contributed by atoms with Crippen molar-refractivity contribution in [2.75, 3.05) is 5.73 Å². The van der Waals surface area contributed by atoms with E-state index in [1.807, 2.05) is 13.8 Å². The first kappa shape index (κ1) is 13.5. The Balaban J connectivity index is 0.000000921. The van der Waals surface area contributed by atoms with Crippen LogP contribution in [-0.4, -0.2) is 6.36 Å². The number of nitrogen functional groups attached to an aromatic ring is 1. The summed E-state index contributed by atoms with van der Waals surface area (Å²) in [6.07, 6.45) is -4.89. The number of nitrogens with two attached hydrogens (primary N) is 1. The molecule has 2 nitrogen and oxygen atoms in total. The second-order valence-corrected chi connectivity index (χ2v) is 2.24. The third kappa shape index (κ3) is 5.09. The van der Waals surface area contributed by atoms with Gasteiger partial charge in [0.1, 0.15) is 0 Å². The minimum atomic E-state index is -4.89. The molecule has 0 unspecified atom stereocenters. The lowest BCUT2D eigenvalue weighted by molar-refractivity contribution is -0.275. The van der Waals surface area contributed by atoms with Crippen molar-refractivity contribution in [3.05, 3.63) is 24.0 Å². The Hall–Kier alpha value is -1.46. The van der Waals surface area contributed by atoms with Crippen LogP contribution in [0.15, 0.2) is 18.2 Å². The third-order valence-electron chi connectivity index (χ3n) is 1.18. The van der Waals surface area contributed by atoms with Crippen LogP contribution in [0.3, 0.4) is 0 Å². The van der Waals surface area contributed by atoms with Gasteiger partial charge in [-0.3, -0.25) is 0 Å². The molecule has 0 amide bonds. The number of hydrogen-bond donors (Lipinski definition) is 1. The topological polar surface area (TPSA) is 35.2 Å². The maximum absolute atomic E-state index is 12.7. The van der Waals surface area contributed by atoms with Gasteiger partial charge in [-0.1, -0.05) is 13.8 Å². The molecule has 0 heterocycles. The second-order valence-electron chi connectivity index (χ2n) is 2.24. The van der Waals surface area contributed by atoms with Crippen LogP contribution >= 0.6 is 0 Å². The van der Waals surface area contributed by atoms with E-state index in [1.54, 1.807) is 0 Å². The van der Waals surface area contributed by atoms with Crippen molar-refractivity contribution in [1.29, 1.82) is 0 Å². The summed E-state index contributed by atoms with van der Waals surface area (Å²) in [6.45, 7) is 4.00. The minimum absolute atomic E-state index is 0.0343. The minimum Gasteiger partial charge on any atom is -0.403 e. The highest BCUT2D eigenvalue weighted by Gasteiger charge is 2.32. The molecular weight excluding hydrogens is 214 g/mol. The van der Waals surface area contributed by atoms with Crippen molar-refractivity contribution < 1.29 is 22.3 Å². The lowest BCUT2D eigenvalue weighted by atomic mass is 10.3. The number of hydrogen-bond acceptors (Lipinski definition) is 2. The second kappa shape index (κ2) is 5.43. The van der Waals surface area contributed by atoms with E-state index in [-0.39, 0.29) is 5.69 Å². The maximum Gasteiger partial charge on any atom is 0.573 e. The standard InChI is InChI=1S/C7H5F4NO.C2H6/c8-5-3-4(12)1-2-6(5)13-7(9,10)11;1-2/h1-3H,12H2;1-2H3. The monoisotopic (exact) mass is 225 g/mol. The van der Waals surface area contributed by atoms with Crippen molar-refractivity contribution in [1.82, 2.24) is 0 Å². The molecule has 0 aliphatic rings. The fraction of sp³-hybridized carbons (Fsp3) is 0.333. The summed E-state index contributed by atoms with van der Waals surface area (Å²) in [6, 6.07) is 2.68. The fourth-order valence-corrected chi connectivity index (χ4v) is 0.725. The van der Waals surface area contributed by atoms with Crippen molar-refractivity contribution >= 4 is 5.69 Å². The highest BCUT2D eigenvalue weighted by molar-refractivity contribution is 5.42. The van der Waals surface area contributed by atoms with Crippen molar-refractivity contribution in [2.24, 2.45) is 0 Å². The van der Waals surface area contributed by atoms with Gasteiger partial charge in [0.05, 0.1) is 0 Å². The average molecular weight is 225 g/mol. The van der Waals surface area contributed by atoms with Gasteiger partial charge < -0.3 is 10.5 Å². The first-order chi connectivity index (χ1) is 6.88. The molecule has 0 spiro atoms. The zero-order valence-electron chi connectivity index (χ0n) is 8.23. The van der Waals surface area contributed by atoms with E-state index < -0.39 is 17.9 Å². The molecule has 0 saturated carbocycles. The van der Waals surface area contributed by atoms with Gasteiger partial charge in [-0.25, -0.2) is 4.39 Å². The Kier molecular flexibility index (Phi) is 4.90. The molecule has 0 radical (unpaired) electrons. The third-order valence-corrected chi connectivity index (χ3v) is 1.18. The first-order valence-corrected chi connectivity index (χ1v) is 4.19. The molecule has 2 N–H and O–H groups in total. The number of anilines is 1. The summed E-state index contributed by atoms with van der Waals surface area (Å²) in [5.41, 5.74) is 5.15. The molecule has 6 heteroatoms. The van der Waals surface area contributed by atoms with Crippen LogP contribution in [0, 0.1) is 5.82 Å². The summed E-state index contributed by atoms with van der Waals surface area (Å²) >= 11 is 0. The largest absolute Gasteiger partial charge is 0.573 e. The van der Waals surface area contributed by atoms with Crippen LogP contribution in [0.1, 0.15) is 13.8 Å². The molecule has 86 valence electrons. The smallest absolute Gasteiger partial charge is 0.403 e. The van der Waals surface area contributed by atoms with E-state index in [2.05, 4.69) is 4.74 Å². The van der Waals surface area contributed by atoms with E-state index >= 15 is 0 Å². The normalized spacial score (nSPS) is 10.3. The van der Waals surface area contributed by atoms with Crippen LogP contribution < -0.4 is 10.5 Å². The van der Waals surface area contributed by atoms with Gasteiger partial charge in [-0.2, -0.15) is 0 Å². The molecule has 0 bridgehead atoms. The van der Waals surface area contributed by atoms with Gasteiger partial charge >= 0.3 is 6.36 Å². The van der Waals surface area contributed by atoms with Crippen LogP contribution in [0.2, 0.25) is 0 Å². The van der Waals surface area contributed by atoms with Gasteiger partial charge in [-0.15, -0.1) is 13.2 Å². The molecule has 0 atom stereocenters. The Labute approximate surface area is 84.6 Å². The molecule has 1 rings (SSSR count). The van der Waals surface area contributed by atoms with Crippen LogP contribution in [0.4, 0.5) is 23.2 Å². The highest BCUT2D eigenvalue weighted by atomic mass is 19.4. The van der Waals surface area contributed by atoms with E-state index in [9.17, 15) is 17.6 Å². The molecule has 0 aliphatic heterocycles. The van der Waals surface area contributed by atoms with Crippen molar-refractivity contribution in [2.45, 2.75) is 20.2 Å². The Bertz CT molecular complexity index is 311. The van der Waals surface area contributed by atoms with E-state index in [1.165, 1.54) is 0 Å². The van der Waals surface area contributed by atoms with Gasteiger partial charge in [-0.05, 0) is 12.1 Å². The summed E-state index contributed by atoms with van der Waals surface area (Å²) in [4.78, 5) is 0. The van der Waals surface area contributed by atoms with Crippen molar-refractivity contribution in [3.63, 3.8) is 0 Å². The van der Waals surface area contributed by atoms with E-state index in [0.29, 0.717) is 0 Å². The molecule has 0 aliphatic carbocycles. The average Bonchev–Trinajstić information content (AvgIpc) is 2.12. The predicted octanol–water partition coefficient (Wildman–Crippen LogP) is 3.33. The predicted molar refractivity (Wildman–Crippen MR) is 48.8 cm³/mol. The number of rotatable bonds is 1. The highest BCUT2D eigenvalue weighted by Crippen LogP contribution is 2.26. The number of halogens is 4. The lowest BCUT2D eigenvalue weighted by Gasteiger charge is -2.09. The van der Waals surface area contributed by atoms with Gasteiger partial charge in [0.25, 0.3) is 0 Å². The summed E-state index contributed by atoms with van der Waals surface area (Å²) in [5, 5.41) is 0. The van der Waals surface area contributed by atoms with Gasteiger partial charge in [0.15, 0.2) is 11.6 Å². The molecule has 0 saturated heterocycles. The SMILES string of the molecule is CC.Nc1ccc(OC(F)(F)F)c(F)c1. The first-order valence-electron chi connectivity index (χ1n) is 4.19. The number of alkyl halides is 3. The molecule has 15 heavy (non-hydrogen) atoms.